The van der Waals surface area contributed by atoms with Crippen molar-refractivity contribution in [2.24, 2.45) is 0 Å². The van der Waals surface area contributed by atoms with Gasteiger partial charge in [0, 0.05) is 33.7 Å². The summed E-state index contributed by atoms with van der Waals surface area (Å²) in [5, 5.41) is 4.25. The van der Waals surface area contributed by atoms with Gasteiger partial charge >= 0.3 is 0 Å². The normalized spacial score (nSPS) is 11.0. The Kier molecular flexibility index (Phi) is 5.72. The van der Waals surface area contributed by atoms with Crippen LogP contribution < -0.4 is 5.32 Å². The van der Waals surface area contributed by atoms with Crippen molar-refractivity contribution in [3.8, 4) is 0 Å². The van der Waals surface area contributed by atoms with Crippen LogP contribution in [0.15, 0.2) is 83.8 Å². The van der Waals surface area contributed by atoms with Crippen LogP contribution in [-0.2, 0) is 17.8 Å². The third-order valence-electron chi connectivity index (χ3n) is 5.08. The summed E-state index contributed by atoms with van der Waals surface area (Å²) in [5.74, 6) is 0.00118. The molecule has 1 aromatic heterocycles. The molecule has 4 aromatic rings. The van der Waals surface area contributed by atoms with Crippen LogP contribution in [-0.4, -0.2) is 16.7 Å². The Bertz CT molecular complexity index is 1130. The van der Waals surface area contributed by atoms with Gasteiger partial charge in [-0.2, -0.15) is 0 Å². The van der Waals surface area contributed by atoms with Gasteiger partial charge < -0.3 is 9.88 Å². The highest BCUT2D eigenvalue weighted by Crippen LogP contribution is 2.34. The van der Waals surface area contributed by atoms with Crippen LogP contribution in [0.4, 0.5) is 5.69 Å². The molecule has 3 nitrogen and oxygen atoms in total. The number of para-hydroxylation sites is 1. The standard InChI is InChI=1S/C25H24N2OS/c1-18-12-14-20(15-13-18)26-24(28)16-23-25(29-2)21-10-6-7-11-22(21)27(23)17-19-8-4-3-5-9-19/h3-15H,16-17H2,1-2H3,(H,26,28). The lowest BCUT2D eigenvalue weighted by Crippen LogP contribution is -2.17. The SMILES string of the molecule is CSc1c(CC(=O)Nc2ccc(C)cc2)n(Cc2ccccc2)c2ccccc12. The highest BCUT2D eigenvalue weighted by atomic mass is 32.2. The maximum absolute atomic E-state index is 12.9. The topological polar surface area (TPSA) is 34.0 Å². The Morgan fingerprint density at radius 1 is 0.931 bits per heavy atom. The number of fused-ring (bicyclic) bond motifs is 1. The molecule has 0 saturated heterocycles. The molecular weight excluding hydrogens is 376 g/mol. The minimum atomic E-state index is 0.00118. The fraction of sp³-hybridized carbons (Fsp3) is 0.160. The largest absolute Gasteiger partial charge is 0.338 e. The molecule has 0 radical (unpaired) electrons. The predicted molar refractivity (Wildman–Crippen MR) is 123 cm³/mol. The highest BCUT2D eigenvalue weighted by molar-refractivity contribution is 7.98. The van der Waals surface area contributed by atoms with E-state index >= 15 is 0 Å². The zero-order chi connectivity index (χ0) is 20.2. The van der Waals surface area contributed by atoms with Gasteiger partial charge in [0.1, 0.15) is 0 Å². The smallest absolute Gasteiger partial charge is 0.230 e. The molecule has 4 heteroatoms. The molecule has 0 aliphatic heterocycles. The van der Waals surface area contributed by atoms with Crippen LogP contribution in [0.5, 0.6) is 0 Å². The van der Waals surface area contributed by atoms with E-state index in [9.17, 15) is 4.79 Å². The number of rotatable bonds is 6. The molecule has 0 atom stereocenters. The van der Waals surface area contributed by atoms with E-state index in [-0.39, 0.29) is 5.91 Å². The van der Waals surface area contributed by atoms with Gasteiger partial charge in [-0.25, -0.2) is 0 Å². The number of carbonyl (C=O) groups excluding carboxylic acids is 1. The Labute approximate surface area is 175 Å². The van der Waals surface area contributed by atoms with E-state index in [1.807, 2.05) is 37.3 Å². The average Bonchev–Trinajstić information content (AvgIpc) is 3.03. The van der Waals surface area contributed by atoms with E-state index in [0.29, 0.717) is 6.42 Å². The minimum Gasteiger partial charge on any atom is -0.338 e. The van der Waals surface area contributed by atoms with E-state index < -0.39 is 0 Å². The van der Waals surface area contributed by atoms with E-state index in [1.165, 1.54) is 26.9 Å². The van der Waals surface area contributed by atoms with Crippen LogP contribution in [0.25, 0.3) is 10.9 Å². The number of thioether (sulfide) groups is 1. The zero-order valence-electron chi connectivity index (χ0n) is 16.7. The summed E-state index contributed by atoms with van der Waals surface area (Å²) in [6.07, 6.45) is 2.42. The highest BCUT2D eigenvalue weighted by Gasteiger charge is 2.19. The fourth-order valence-corrected chi connectivity index (χ4v) is 4.48. The van der Waals surface area contributed by atoms with Crippen molar-refractivity contribution < 1.29 is 4.79 Å². The second-order valence-corrected chi connectivity index (χ2v) is 7.98. The summed E-state index contributed by atoms with van der Waals surface area (Å²) >= 11 is 1.71. The molecule has 0 saturated carbocycles. The van der Waals surface area contributed by atoms with Crippen LogP contribution in [0.2, 0.25) is 0 Å². The molecular formula is C25H24N2OS. The van der Waals surface area contributed by atoms with Crippen LogP contribution in [0.1, 0.15) is 16.8 Å². The third kappa shape index (κ3) is 4.22. The van der Waals surface area contributed by atoms with Crippen molar-refractivity contribution in [3.05, 3.63) is 95.7 Å². The lowest BCUT2D eigenvalue weighted by Gasteiger charge is -2.13. The molecule has 1 amide bonds. The monoisotopic (exact) mass is 400 g/mol. The number of aromatic nitrogens is 1. The maximum atomic E-state index is 12.9. The number of nitrogens with one attached hydrogen (secondary N) is 1. The van der Waals surface area contributed by atoms with E-state index in [2.05, 4.69) is 64.7 Å². The van der Waals surface area contributed by atoms with Crippen molar-refractivity contribution in [3.63, 3.8) is 0 Å². The first kappa shape index (κ1) is 19.3. The third-order valence-corrected chi connectivity index (χ3v) is 5.94. The first-order valence-corrected chi connectivity index (χ1v) is 10.9. The quantitative estimate of drug-likeness (QED) is 0.409. The molecule has 0 unspecified atom stereocenters. The molecule has 1 heterocycles. The van der Waals surface area contributed by atoms with Crippen molar-refractivity contribution in [1.82, 2.24) is 4.57 Å². The van der Waals surface area contributed by atoms with E-state index in [1.54, 1.807) is 11.8 Å². The van der Waals surface area contributed by atoms with Gasteiger partial charge in [0.05, 0.1) is 6.42 Å². The van der Waals surface area contributed by atoms with E-state index in [4.69, 9.17) is 0 Å². The molecule has 1 N–H and O–H groups in total. The molecule has 0 aliphatic rings. The molecule has 0 fully saturated rings. The Morgan fingerprint density at radius 2 is 1.62 bits per heavy atom. The van der Waals surface area contributed by atoms with Crippen molar-refractivity contribution in [1.29, 1.82) is 0 Å². The summed E-state index contributed by atoms with van der Waals surface area (Å²) in [6, 6.07) is 26.7. The first-order valence-electron chi connectivity index (χ1n) is 9.70. The second kappa shape index (κ2) is 8.58. The van der Waals surface area contributed by atoms with Gasteiger partial charge in [-0.1, -0.05) is 66.2 Å². The number of anilines is 1. The molecule has 4 rings (SSSR count). The summed E-state index contributed by atoms with van der Waals surface area (Å²) in [5.41, 5.74) is 5.46. The number of nitrogens with zero attached hydrogens (tertiary/aromatic N) is 1. The Balaban J connectivity index is 1.70. The van der Waals surface area contributed by atoms with Gasteiger partial charge in [-0.3, -0.25) is 4.79 Å². The number of carbonyl (C=O) groups is 1. The summed E-state index contributed by atoms with van der Waals surface area (Å²) in [7, 11) is 0. The molecule has 0 aliphatic carbocycles. The molecule has 146 valence electrons. The minimum absolute atomic E-state index is 0.00118. The molecule has 3 aromatic carbocycles. The lowest BCUT2D eigenvalue weighted by molar-refractivity contribution is -0.115. The van der Waals surface area contributed by atoms with Crippen LogP contribution >= 0.6 is 11.8 Å². The van der Waals surface area contributed by atoms with Crippen LogP contribution in [0.3, 0.4) is 0 Å². The molecule has 29 heavy (non-hydrogen) atoms. The second-order valence-electron chi connectivity index (χ2n) is 7.16. The Hall–Kier alpha value is -2.98. The number of aryl methyl sites for hydroxylation is 1. The number of hydrogen-bond donors (Lipinski definition) is 1. The lowest BCUT2D eigenvalue weighted by atomic mass is 10.2. The average molecular weight is 401 g/mol. The predicted octanol–water partition coefficient (Wildman–Crippen LogP) is 5.90. The molecule has 0 bridgehead atoms. The Morgan fingerprint density at radius 3 is 2.34 bits per heavy atom. The van der Waals surface area contributed by atoms with Crippen molar-refractivity contribution in [2.45, 2.75) is 24.8 Å². The fourth-order valence-electron chi connectivity index (χ4n) is 3.67. The van der Waals surface area contributed by atoms with Gasteiger partial charge in [-0.05, 0) is 36.9 Å². The van der Waals surface area contributed by atoms with Gasteiger partial charge in [0.15, 0.2) is 0 Å². The van der Waals surface area contributed by atoms with Gasteiger partial charge in [0.25, 0.3) is 0 Å². The van der Waals surface area contributed by atoms with Crippen molar-refractivity contribution in [2.75, 3.05) is 11.6 Å². The summed E-state index contributed by atoms with van der Waals surface area (Å²) in [4.78, 5) is 14.1. The summed E-state index contributed by atoms with van der Waals surface area (Å²) in [6.45, 7) is 2.79. The van der Waals surface area contributed by atoms with Crippen LogP contribution in [0, 0.1) is 6.92 Å². The van der Waals surface area contributed by atoms with Gasteiger partial charge in [-0.15, -0.1) is 11.8 Å². The number of benzene rings is 3. The number of amides is 1. The van der Waals surface area contributed by atoms with E-state index in [0.717, 1.165) is 17.9 Å². The van der Waals surface area contributed by atoms with Gasteiger partial charge in [0.2, 0.25) is 5.91 Å². The molecule has 0 spiro atoms. The zero-order valence-corrected chi connectivity index (χ0v) is 17.5. The summed E-state index contributed by atoms with van der Waals surface area (Å²) < 4.78 is 2.28. The first-order chi connectivity index (χ1) is 14.2. The van der Waals surface area contributed by atoms with Crippen molar-refractivity contribution >= 4 is 34.3 Å². The maximum Gasteiger partial charge on any atom is 0.230 e. The number of hydrogen-bond acceptors (Lipinski definition) is 2.